The van der Waals surface area contributed by atoms with Crippen LogP contribution in [-0.2, 0) is 13.1 Å². The molecule has 5 heteroatoms. The highest BCUT2D eigenvalue weighted by molar-refractivity contribution is 5.84. The molecule has 2 heterocycles. The molecule has 4 rings (SSSR count). The zero-order chi connectivity index (χ0) is 17.4. The van der Waals surface area contributed by atoms with Crippen molar-refractivity contribution in [2.24, 2.45) is 5.41 Å². The van der Waals surface area contributed by atoms with Gasteiger partial charge in [-0.2, -0.15) is 0 Å². The highest BCUT2D eigenvalue weighted by Gasteiger charge is 2.42. The monoisotopic (exact) mass is 336 g/mol. The van der Waals surface area contributed by atoms with Crippen LogP contribution in [0, 0.1) is 19.3 Å². The van der Waals surface area contributed by atoms with E-state index in [-0.39, 0.29) is 5.43 Å². The van der Waals surface area contributed by atoms with Gasteiger partial charge in [0, 0.05) is 54.6 Å². The van der Waals surface area contributed by atoms with Crippen molar-refractivity contribution in [3.05, 3.63) is 64.0 Å². The third-order valence-corrected chi connectivity index (χ3v) is 5.31. The largest absolute Gasteiger partial charge is 0.357 e. The van der Waals surface area contributed by atoms with Gasteiger partial charge >= 0.3 is 0 Å². The zero-order valence-corrected chi connectivity index (χ0v) is 14.8. The average Bonchev–Trinajstić information content (AvgIpc) is 3.13. The maximum Gasteiger partial charge on any atom is 0.189 e. The van der Waals surface area contributed by atoms with E-state index >= 15 is 0 Å². The Labute approximate surface area is 147 Å². The lowest BCUT2D eigenvalue weighted by atomic mass is 10.0. The Hall–Kier alpha value is -2.40. The summed E-state index contributed by atoms with van der Waals surface area (Å²) in [5.74, 6) is 0. The second-order valence-corrected chi connectivity index (χ2v) is 7.45. The van der Waals surface area contributed by atoms with Crippen LogP contribution in [0.5, 0.6) is 0 Å². The van der Waals surface area contributed by atoms with Crippen molar-refractivity contribution in [2.45, 2.75) is 39.8 Å². The van der Waals surface area contributed by atoms with Gasteiger partial charge in [0.2, 0.25) is 0 Å². The number of rotatable bonds is 6. The number of hydrogen-bond donors (Lipinski definition) is 2. The van der Waals surface area contributed by atoms with Crippen molar-refractivity contribution >= 4 is 10.9 Å². The van der Waals surface area contributed by atoms with Gasteiger partial charge in [0.1, 0.15) is 0 Å². The fraction of sp³-hybridized carbons (Fsp3) is 0.400. The summed E-state index contributed by atoms with van der Waals surface area (Å²) in [5.41, 5.74) is 4.49. The van der Waals surface area contributed by atoms with Gasteiger partial charge in [-0.25, -0.2) is 4.98 Å². The number of imidazole rings is 1. The fourth-order valence-electron chi connectivity index (χ4n) is 3.61. The van der Waals surface area contributed by atoms with Gasteiger partial charge in [0.15, 0.2) is 5.43 Å². The number of H-pyrrole nitrogens is 1. The number of aryl methyl sites for hydroxylation is 2. The molecule has 0 spiro atoms. The molecule has 0 bridgehead atoms. The van der Waals surface area contributed by atoms with Crippen LogP contribution in [-0.4, -0.2) is 21.1 Å². The molecule has 130 valence electrons. The first-order chi connectivity index (χ1) is 12.1. The van der Waals surface area contributed by atoms with Crippen molar-refractivity contribution in [3.63, 3.8) is 0 Å². The minimum Gasteiger partial charge on any atom is -0.357 e. The van der Waals surface area contributed by atoms with Gasteiger partial charge < -0.3 is 14.9 Å². The first-order valence-corrected chi connectivity index (χ1v) is 8.85. The number of nitrogens with zero attached hydrogens (tertiary/aromatic N) is 2. The molecule has 25 heavy (non-hydrogen) atoms. The van der Waals surface area contributed by atoms with Crippen molar-refractivity contribution in [1.82, 2.24) is 19.9 Å². The Balaban J connectivity index is 1.47. The average molecular weight is 336 g/mol. The van der Waals surface area contributed by atoms with E-state index in [0.717, 1.165) is 40.8 Å². The highest BCUT2D eigenvalue weighted by atomic mass is 16.1. The molecule has 1 aliphatic rings. The number of fused-ring (bicyclic) bond motifs is 1. The minimum atomic E-state index is 0.103. The topological polar surface area (TPSA) is 62.7 Å². The van der Waals surface area contributed by atoms with E-state index in [1.807, 2.05) is 38.6 Å². The summed E-state index contributed by atoms with van der Waals surface area (Å²) in [6.07, 6.45) is 8.21. The predicted molar refractivity (Wildman–Crippen MR) is 99.6 cm³/mol. The SMILES string of the molecule is Cc1ccc(C)c2c(=O)cc(CNCC3(Cn4ccnc4)CC3)[nH]c12. The minimum absolute atomic E-state index is 0.103. The lowest BCUT2D eigenvalue weighted by Gasteiger charge is -2.17. The zero-order valence-electron chi connectivity index (χ0n) is 14.8. The molecule has 1 aliphatic carbocycles. The molecule has 0 saturated heterocycles. The van der Waals surface area contributed by atoms with E-state index < -0.39 is 0 Å². The highest BCUT2D eigenvalue weighted by Crippen LogP contribution is 2.46. The number of aromatic nitrogens is 3. The quantitative estimate of drug-likeness (QED) is 0.727. The van der Waals surface area contributed by atoms with Crippen LogP contribution < -0.4 is 10.7 Å². The number of benzene rings is 1. The Morgan fingerprint density at radius 1 is 1.28 bits per heavy atom. The fourth-order valence-corrected chi connectivity index (χ4v) is 3.61. The molecule has 2 aromatic heterocycles. The molecule has 5 nitrogen and oxygen atoms in total. The molecule has 2 N–H and O–H groups in total. The maximum atomic E-state index is 12.5. The standard InChI is InChI=1S/C20H24N4O/c1-14-3-4-15(2)19-18(14)17(25)9-16(23-19)10-22-11-20(5-6-20)12-24-8-7-21-13-24/h3-4,7-9,13,22H,5-6,10-12H2,1-2H3,(H,23,25). The van der Waals surface area contributed by atoms with Crippen LogP contribution in [0.25, 0.3) is 10.9 Å². The van der Waals surface area contributed by atoms with Crippen LogP contribution in [0.4, 0.5) is 0 Å². The second-order valence-electron chi connectivity index (χ2n) is 7.45. The Bertz CT molecular complexity index is 952. The normalized spacial score (nSPS) is 15.6. The second kappa shape index (κ2) is 6.15. The van der Waals surface area contributed by atoms with E-state index in [0.29, 0.717) is 12.0 Å². The first-order valence-electron chi connectivity index (χ1n) is 8.85. The lowest BCUT2D eigenvalue weighted by molar-refractivity contribution is 0.391. The van der Waals surface area contributed by atoms with Crippen molar-refractivity contribution in [2.75, 3.05) is 6.54 Å². The van der Waals surface area contributed by atoms with Crippen molar-refractivity contribution in [1.29, 1.82) is 0 Å². The number of pyridine rings is 1. The summed E-state index contributed by atoms with van der Waals surface area (Å²) in [7, 11) is 0. The Morgan fingerprint density at radius 2 is 2.08 bits per heavy atom. The van der Waals surface area contributed by atoms with Crippen molar-refractivity contribution in [3.8, 4) is 0 Å². The van der Waals surface area contributed by atoms with E-state index in [9.17, 15) is 4.79 Å². The van der Waals surface area contributed by atoms with Gasteiger partial charge in [-0.05, 0) is 37.8 Å². The van der Waals surface area contributed by atoms with Gasteiger partial charge in [0.25, 0.3) is 0 Å². The summed E-state index contributed by atoms with van der Waals surface area (Å²) in [4.78, 5) is 20.1. The van der Waals surface area contributed by atoms with E-state index in [2.05, 4.69) is 25.9 Å². The van der Waals surface area contributed by atoms with Gasteiger partial charge in [-0.15, -0.1) is 0 Å². The summed E-state index contributed by atoms with van der Waals surface area (Å²) in [6, 6.07) is 5.81. The molecule has 1 aromatic carbocycles. The lowest BCUT2D eigenvalue weighted by Crippen LogP contribution is -2.27. The maximum absolute atomic E-state index is 12.5. The van der Waals surface area contributed by atoms with E-state index in [1.165, 1.54) is 12.8 Å². The molecule has 0 aliphatic heterocycles. The van der Waals surface area contributed by atoms with E-state index in [1.54, 1.807) is 6.07 Å². The van der Waals surface area contributed by atoms with Crippen LogP contribution >= 0.6 is 0 Å². The third-order valence-electron chi connectivity index (χ3n) is 5.31. The van der Waals surface area contributed by atoms with Crippen LogP contribution in [0.2, 0.25) is 0 Å². The molecular formula is C20H24N4O. The Morgan fingerprint density at radius 3 is 2.80 bits per heavy atom. The van der Waals surface area contributed by atoms with E-state index in [4.69, 9.17) is 0 Å². The summed E-state index contributed by atoms with van der Waals surface area (Å²) in [5, 5.41) is 4.35. The summed E-state index contributed by atoms with van der Waals surface area (Å²) < 4.78 is 2.15. The van der Waals surface area contributed by atoms with Crippen LogP contribution in [0.1, 0.15) is 29.7 Å². The molecule has 1 saturated carbocycles. The smallest absolute Gasteiger partial charge is 0.189 e. The molecule has 3 aromatic rings. The first kappa shape index (κ1) is 16.1. The summed E-state index contributed by atoms with van der Waals surface area (Å²) in [6.45, 7) is 6.68. The molecule has 0 unspecified atom stereocenters. The van der Waals surface area contributed by atoms with Crippen LogP contribution in [0.3, 0.4) is 0 Å². The number of nitrogens with one attached hydrogen (secondary N) is 2. The molecular weight excluding hydrogens is 312 g/mol. The number of hydrogen-bond acceptors (Lipinski definition) is 3. The molecule has 0 amide bonds. The van der Waals surface area contributed by atoms with Gasteiger partial charge in [-0.3, -0.25) is 4.79 Å². The Kier molecular flexibility index (Phi) is 3.96. The third kappa shape index (κ3) is 3.24. The van der Waals surface area contributed by atoms with Crippen molar-refractivity contribution < 1.29 is 0 Å². The van der Waals surface area contributed by atoms with Crippen LogP contribution in [0.15, 0.2) is 41.7 Å². The van der Waals surface area contributed by atoms with Gasteiger partial charge in [-0.1, -0.05) is 12.1 Å². The number of aromatic amines is 1. The molecule has 0 atom stereocenters. The van der Waals surface area contributed by atoms with Gasteiger partial charge in [0.05, 0.1) is 11.8 Å². The molecule has 0 radical (unpaired) electrons. The summed E-state index contributed by atoms with van der Waals surface area (Å²) >= 11 is 0. The molecule has 1 fully saturated rings. The predicted octanol–water partition coefficient (Wildman–Crippen LogP) is 2.91.